The normalized spacial score (nSPS) is 14.7. The van der Waals surface area contributed by atoms with Crippen molar-refractivity contribution in [2.75, 3.05) is 9.80 Å². The van der Waals surface area contributed by atoms with Gasteiger partial charge in [0.05, 0.1) is 22.7 Å². The molecule has 11 rings (SSSR count). The van der Waals surface area contributed by atoms with Gasteiger partial charge < -0.3 is 14.5 Å². The summed E-state index contributed by atoms with van der Waals surface area (Å²) in [5, 5.41) is 0. The van der Waals surface area contributed by atoms with E-state index in [1.165, 1.54) is 50.2 Å². The Morgan fingerprint density at radius 1 is 0.421 bits per heavy atom. The molecule has 1 aliphatic carbocycles. The van der Waals surface area contributed by atoms with Crippen LogP contribution >= 0.6 is 0 Å². The van der Waals surface area contributed by atoms with Crippen molar-refractivity contribution >= 4 is 34.1 Å². The summed E-state index contributed by atoms with van der Waals surface area (Å²) in [6, 6.07) is 66.2. The number of hydrogen-bond donors (Lipinski definition) is 0. The molecular weight excluding hydrogens is 693 g/mol. The van der Waals surface area contributed by atoms with Gasteiger partial charge in [-0.3, -0.25) is 0 Å². The molecule has 0 aromatic heterocycles. The van der Waals surface area contributed by atoms with Crippen LogP contribution in [0.1, 0.15) is 49.9 Å². The maximum absolute atomic E-state index is 6.94. The molecule has 57 heavy (non-hydrogen) atoms. The van der Waals surface area contributed by atoms with Crippen molar-refractivity contribution in [1.29, 1.82) is 0 Å². The SMILES string of the molecule is CC1(C)c2ccccc2-c2ccc(N(c3ccc(-c4ccc5c6c4Oc4ccccc4N6c4ccccc4C5(C)C)cc3)c3ccccc3-c3ccccc3)cc21. The minimum atomic E-state index is -0.201. The fourth-order valence-electron chi connectivity index (χ4n) is 9.76. The van der Waals surface area contributed by atoms with Crippen LogP contribution in [0.5, 0.6) is 11.5 Å². The van der Waals surface area contributed by atoms with Crippen LogP contribution in [0.2, 0.25) is 0 Å². The highest BCUT2D eigenvalue weighted by Crippen LogP contribution is 2.62. The third-order valence-electron chi connectivity index (χ3n) is 12.7. The Hall–Kier alpha value is -6.84. The lowest BCUT2D eigenvalue weighted by atomic mass is 9.72. The zero-order chi connectivity index (χ0) is 38.5. The molecule has 3 heteroatoms. The van der Waals surface area contributed by atoms with Gasteiger partial charge in [0.2, 0.25) is 0 Å². The molecular formula is C54H42N2O. The molecule has 0 amide bonds. The summed E-state index contributed by atoms with van der Waals surface area (Å²) < 4.78 is 6.94. The van der Waals surface area contributed by atoms with Crippen LogP contribution in [-0.4, -0.2) is 0 Å². The van der Waals surface area contributed by atoms with Gasteiger partial charge in [0.1, 0.15) is 0 Å². The summed E-state index contributed by atoms with van der Waals surface area (Å²) in [4.78, 5) is 4.84. The van der Waals surface area contributed by atoms with Crippen LogP contribution in [0.3, 0.4) is 0 Å². The van der Waals surface area contributed by atoms with Gasteiger partial charge in [0, 0.05) is 33.3 Å². The Morgan fingerprint density at radius 2 is 1.00 bits per heavy atom. The number of hydrogen-bond acceptors (Lipinski definition) is 3. The number of anilines is 6. The monoisotopic (exact) mass is 734 g/mol. The summed E-state index contributed by atoms with van der Waals surface area (Å²) in [7, 11) is 0. The van der Waals surface area contributed by atoms with Gasteiger partial charge in [-0.1, -0.05) is 161 Å². The maximum atomic E-state index is 6.94. The number of para-hydroxylation sites is 4. The first-order chi connectivity index (χ1) is 27.8. The Bertz CT molecular complexity index is 2890. The van der Waals surface area contributed by atoms with E-state index in [0.717, 1.165) is 51.1 Å². The van der Waals surface area contributed by atoms with Gasteiger partial charge in [-0.05, 0) is 93.0 Å². The topological polar surface area (TPSA) is 15.7 Å². The lowest BCUT2D eigenvalue weighted by Gasteiger charge is -2.45. The molecule has 3 aliphatic rings. The van der Waals surface area contributed by atoms with Crippen molar-refractivity contribution in [3.05, 3.63) is 204 Å². The molecule has 0 saturated carbocycles. The third kappa shape index (κ3) is 4.91. The molecule has 2 aliphatic heterocycles. The molecule has 0 radical (unpaired) electrons. The van der Waals surface area contributed by atoms with E-state index in [1.807, 2.05) is 0 Å². The minimum Gasteiger partial charge on any atom is -0.452 e. The van der Waals surface area contributed by atoms with Gasteiger partial charge in [-0.15, -0.1) is 0 Å². The van der Waals surface area contributed by atoms with E-state index in [9.17, 15) is 0 Å². The molecule has 0 unspecified atom stereocenters. The van der Waals surface area contributed by atoms with E-state index in [0.29, 0.717) is 0 Å². The Labute approximate surface area is 335 Å². The average molecular weight is 735 g/mol. The number of rotatable bonds is 5. The predicted octanol–water partition coefficient (Wildman–Crippen LogP) is 15.0. The molecule has 8 aromatic carbocycles. The quantitative estimate of drug-likeness (QED) is 0.175. The first kappa shape index (κ1) is 33.5. The third-order valence-corrected chi connectivity index (χ3v) is 12.7. The van der Waals surface area contributed by atoms with Crippen LogP contribution in [0, 0.1) is 0 Å². The number of ether oxygens (including phenoxy) is 1. The summed E-state index contributed by atoms with van der Waals surface area (Å²) in [6.07, 6.45) is 0. The molecule has 274 valence electrons. The van der Waals surface area contributed by atoms with Crippen molar-refractivity contribution in [2.24, 2.45) is 0 Å². The maximum Gasteiger partial charge on any atom is 0.159 e. The summed E-state index contributed by atoms with van der Waals surface area (Å²) in [5.41, 5.74) is 18.9. The van der Waals surface area contributed by atoms with E-state index < -0.39 is 0 Å². The van der Waals surface area contributed by atoms with Gasteiger partial charge >= 0.3 is 0 Å². The molecule has 0 spiro atoms. The summed E-state index contributed by atoms with van der Waals surface area (Å²) in [6.45, 7) is 9.36. The molecule has 0 saturated heterocycles. The van der Waals surface area contributed by atoms with Crippen molar-refractivity contribution in [1.82, 2.24) is 0 Å². The van der Waals surface area contributed by atoms with E-state index in [4.69, 9.17) is 4.74 Å². The fourth-order valence-corrected chi connectivity index (χ4v) is 9.76. The van der Waals surface area contributed by atoms with E-state index in [2.05, 4.69) is 219 Å². The Morgan fingerprint density at radius 3 is 1.81 bits per heavy atom. The second-order valence-corrected chi connectivity index (χ2v) is 16.6. The van der Waals surface area contributed by atoms with Crippen molar-refractivity contribution in [2.45, 2.75) is 38.5 Å². The largest absolute Gasteiger partial charge is 0.452 e. The Kier molecular flexibility index (Phi) is 7.25. The fraction of sp³-hybridized carbons (Fsp3) is 0.111. The minimum absolute atomic E-state index is 0.119. The zero-order valence-corrected chi connectivity index (χ0v) is 32.6. The van der Waals surface area contributed by atoms with Gasteiger partial charge in [0.15, 0.2) is 11.5 Å². The standard InChI is InChI=1S/C54H42N2O/c1-53(2)43-20-10-8-19-41(43)42-31-30-38(34-46(42)53)55(47-22-12-9-18-39(47)35-16-6-5-7-17-35)37-28-26-36(27-29-37)40-32-33-45-51-52(40)57-50-25-15-14-24-49(50)56(51)48-23-13-11-21-44(48)54(45,3)4/h5-34H,1-4H3. The van der Waals surface area contributed by atoms with Gasteiger partial charge in [0.25, 0.3) is 0 Å². The number of fused-ring (bicyclic) bond motifs is 7. The predicted molar refractivity (Wildman–Crippen MR) is 236 cm³/mol. The molecule has 0 bridgehead atoms. The van der Waals surface area contributed by atoms with Gasteiger partial charge in [-0.25, -0.2) is 0 Å². The number of nitrogens with zero attached hydrogens (tertiary/aromatic N) is 2. The molecule has 0 fully saturated rings. The number of benzene rings is 8. The Balaban J connectivity index is 1.07. The van der Waals surface area contributed by atoms with Crippen molar-refractivity contribution in [3.8, 4) is 44.9 Å². The highest BCUT2D eigenvalue weighted by molar-refractivity contribution is 5.97. The van der Waals surface area contributed by atoms with Crippen LogP contribution in [0.4, 0.5) is 34.1 Å². The molecule has 3 nitrogen and oxygen atoms in total. The molecule has 0 atom stereocenters. The summed E-state index contributed by atoms with van der Waals surface area (Å²) >= 11 is 0. The van der Waals surface area contributed by atoms with E-state index >= 15 is 0 Å². The van der Waals surface area contributed by atoms with Gasteiger partial charge in [-0.2, -0.15) is 0 Å². The first-order valence-electron chi connectivity index (χ1n) is 19.9. The lowest BCUT2D eigenvalue weighted by Crippen LogP contribution is -2.32. The van der Waals surface area contributed by atoms with Crippen molar-refractivity contribution in [3.63, 3.8) is 0 Å². The average Bonchev–Trinajstić information content (AvgIpc) is 3.48. The van der Waals surface area contributed by atoms with Crippen LogP contribution in [0.25, 0.3) is 33.4 Å². The smallest absolute Gasteiger partial charge is 0.159 e. The van der Waals surface area contributed by atoms with Crippen LogP contribution in [0.15, 0.2) is 182 Å². The molecule has 0 N–H and O–H groups in total. The van der Waals surface area contributed by atoms with E-state index in [1.54, 1.807) is 0 Å². The van der Waals surface area contributed by atoms with Crippen LogP contribution < -0.4 is 14.5 Å². The van der Waals surface area contributed by atoms with Crippen molar-refractivity contribution < 1.29 is 4.74 Å². The van der Waals surface area contributed by atoms with E-state index in [-0.39, 0.29) is 10.8 Å². The highest BCUT2D eigenvalue weighted by Gasteiger charge is 2.42. The molecule has 8 aromatic rings. The second-order valence-electron chi connectivity index (χ2n) is 16.6. The first-order valence-corrected chi connectivity index (χ1v) is 19.9. The van der Waals surface area contributed by atoms with Crippen LogP contribution in [-0.2, 0) is 10.8 Å². The lowest BCUT2D eigenvalue weighted by molar-refractivity contribution is 0.473. The second kappa shape index (κ2) is 12.3. The highest BCUT2D eigenvalue weighted by atomic mass is 16.5. The zero-order valence-electron chi connectivity index (χ0n) is 32.6. The molecule has 2 heterocycles. The summed E-state index contributed by atoms with van der Waals surface area (Å²) in [5.74, 6) is 1.76.